The van der Waals surface area contributed by atoms with E-state index in [4.69, 9.17) is 0 Å². The number of β-amino-alcohol motifs (C(OH)–C–C–N with tert-alkyl or cyclic N) is 2. The van der Waals surface area contributed by atoms with Crippen LogP contribution in [0.1, 0.15) is 5.56 Å². The summed E-state index contributed by atoms with van der Waals surface area (Å²) < 4.78 is 0. The third-order valence-corrected chi connectivity index (χ3v) is 4.15. The predicted molar refractivity (Wildman–Crippen MR) is 85.2 cm³/mol. The highest BCUT2D eigenvalue weighted by Crippen LogP contribution is 2.21. The topological polar surface area (TPSA) is 63.9 Å². The van der Waals surface area contributed by atoms with Crippen molar-refractivity contribution in [2.24, 2.45) is 0 Å². The Morgan fingerprint density at radius 1 is 0.773 bits per heavy atom. The Labute approximate surface area is 130 Å². The van der Waals surface area contributed by atoms with E-state index in [1.54, 1.807) is 0 Å². The van der Waals surface area contributed by atoms with E-state index in [1.165, 1.54) is 11.1 Å². The summed E-state index contributed by atoms with van der Waals surface area (Å²) in [6, 6.07) is 18.5. The highest BCUT2D eigenvalue weighted by atomic mass is 16.4. The summed E-state index contributed by atoms with van der Waals surface area (Å²) in [7, 11) is 0. The second-order valence-electron chi connectivity index (χ2n) is 5.88. The number of piperidine rings is 1. The number of aliphatic hydroxyl groups is 3. The molecule has 3 rings (SSSR count). The maximum absolute atomic E-state index is 9.74. The second kappa shape index (κ2) is 6.58. The predicted octanol–water partition coefficient (Wildman–Crippen LogP) is 1.25. The van der Waals surface area contributed by atoms with Gasteiger partial charge < -0.3 is 15.3 Å². The lowest BCUT2D eigenvalue weighted by Crippen LogP contribution is -2.54. The summed E-state index contributed by atoms with van der Waals surface area (Å²) in [5.74, 6) is 0. The molecule has 0 saturated carbocycles. The van der Waals surface area contributed by atoms with Crippen molar-refractivity contribution in [1.29, 1.82) is 0 Å². The molecule has 2 aromatic carbocycles. The Hall–Kier alpha value is -1.72. The van der Waals surface area contributed by atoms with E-state index >= 15 is 0 Å². The second-order valence-corrected chi connectivity index (χ2v) is 5.88. The summed E-state index contributed by atoms with van der Waals surface area (Å²) >= 11 is 0. The van der Waals surface area contributed by atoms with Crippen LogP contribution in [0.25, 0.3) is 11.1 Å². The normalized spacial score (nSPS) is 26.0. The molecule has 1 saturated heterocycles. The number of hydrogen-bond acceptors (Lipinski definition) is 4. The first-order valence-corrected chi connectivity index (χ1v) is 7.54. The van der Waals surface area contributed by atoms with Gasteiger partial charge in [-0.2, -0.15) is 0 Å². The fourth-order valence-electron chi connectivity index (χ4n) is 2.90. The Morgan fingerprint density at radius 3 is 1.91 bits per heavy atom. The molecule has 116 valence electrons. The van der Waals surface area contributed by atoms with Gasteiger partial charge in [-0.25, -0.2) is 0 Å². The molecule has 0 spiro atoms. The summed E-state index contributed by atoms with van der Waals surface area (Å²) in [4.78, 5) is 1.96. The van der Waals surface area contributed by atoms with Gasteiger partial charge in [0.25, 0.3) is 0 Å². The standard InChI is InChI=1S/C18H21NO3/c20-16-11-19(12-17(21)18(16)22)10-13-6-8-15(9-7-13)14-4-2-1-3-5-14/h1-9,16-18,20-22H,10-12H2/t16-,17+,18+. The molecule has 1 aliphatic rings. The van der Waals surface area contributed by atoms with Crippen LogP contribution in [-0.4, -0.2) is 51.6 Å². The number of hydrogen-bond donors (Lipinski definition) is 3. The molecular formula is C18H21NO3. The van der Waals surface area contributed by atoms with E-state index in [-0.39, 0.29) is 0 Å². The first-order chi connectivity index (χ1) is 10.6. The van der Waals surface area contributed by atoms with Crippen molar-refractivity contribution in [2.75, 3.05) is 13.1 Å². The van der Waals surface area contributed by atoms with Gasteiger partial charge in [0.15, 0.2) is 0 Å². The lowest BCUT2D eigenvalue weighted by molar-refractivity contribution is -0.111. The third-order valence-electron chi connectivity index (χ3n) is 4.15. The molecule has 1 aliphatic heterocycles. The third kappa shape index (κ3) is 3.36. The minimum Gasteiger partial charge on any atom is -0.389 e. The fourth-order valence-corrected chi connectivity index (χ4v) is 2.90. The van der Waals surface area contributed by atoms with E-state index in [1.807, 2.05) is 23.1 Å². The highest BCUT2D eigenvalue weighted by molar-refractivity contribution is 5.63. The number of nitrogens with zero attached hydrogens (tertiary/aromatic N) is 1. The molecule has 0 aromatic heterocycles. The Morgan fingerprint density at radius 2 is 1.32 bits per heavy atom. The van der Waals surface area contributed by atoms with Gasteiger partial charge >= 0.3 is 0 Å². The molecule has 2 aromatic rings. The van der Waals surface area contributed by atoms with Crippen LogP contribution >= 0.6 is 0 Å². The van der Waals surface area contributed by atoms with Crippen LogP contribution in [0.4, 0.5) is 0 Å². The van der Waals surface area contributed by atoms with Crippen LogP contribution < -0.4 is 0 Å². The van der Waals surface area contributed by atoms with E-state index in [0.29, 0.717) is 19.6 Å². The van der Waals surface area contributed by atoms with Crippen molar-refractivity contribution >= 4 is 0 Å². The van der Waals surface area contributed by atoms with Gasteiger partial charge in [-0.05, 0) is 16.7 Å². The molecule has 0 aliphatic carbocycles. The van der Waals surface area contributed by atoms with E-state index < -0.39 is 18.3 Å². The monoisotopic (exact) mass is 299 g/mol. The fraction of sp³-hybridized carbons (Fsp3) is 0.333. The smallest absolute Gasteiger partial charge is 0.108 e. The molecule has 4 nitrogen and oxygen atoms in total. The molecule has 1 heterocycles. The largest absolute Gasteiger partial charge is 0.389 e. The van der Waals surface area contributed by atoms with Gasteiger partial charge in [0.2, 0.25) is 0 Å². The van der Waals surface area contributed by atoms with Crippen molar-refractivity contribution in [3.63, 3.8) is 0 Å². The lowest BCUT2D eigenvalue weighted by atomic mass is 10.0. The first kappa shape index (κ1) is 15.2. The minimum atomic E-state index is -1.04. The summed E-state index contributed by atoms with van der Waals surface area (Å²) in [6.45, 7) is 1.40. The average molecular weight is 299 g/mol. The average Bonchev–Trinajstić information content (AvgIpc) is 2.54. The van der Waals surface area contributed by atoms with Crippen molar-refractivity contribution in [3.05, 3.63) is 60.2 Å². The molecule has 3 atom stereocenters. The molecule has 0 amide bonds. The van der Waals surface area contributed by atoms with Gasteiger partial charge in [-0.1, -0.05) is 54.6 Å². The van der Waals surface area contributed by atoms with Crippen molar-refractivity contribution < 1.29 is 15.3 Å². The Kier molecular flexibility index (Phi) is 4.55. The van der Waals surface area contributed by atoms with Crippen LogP contribution in [0.3, 0.4) is 0 Å². The van der Waals surface area contributed by atoms with Crippen LogP contribution in [0.5, 0.6) is 0 Å². The molecule has 3 N–H and O–H groups in total. The van der Waals surface area contributed by atoms with E-state index in [2.05, 4.69) is 36.4 Å². The molecule has 22 heavy (non-hydrogen) atoms. The Balaban J connectivity index is 1.67. The van der Waals surface area contributed by atoms with Gasteiger partial charge in [0, 0.05) is 19.6 Å². The maximum Gasteiger partial charge on any atom is 0.108 e. The van der Waals surface area contributed by atoms with Gasteiger partial charge in [-0.3, -0.25) is 4.90 Å². The molecule has 0 radical (unpaired) electrons. The molecule has 0 bridgehead atoms. The molecule has 4 heteroatoms. The van der Waals surface area contributed by atoms with Crippen LogP contribution in [0.15, 0.2) is 54.6 Å². The summed E-state index contributed by atoms with van der Waals surface area (Å²) in [5.41, 5.74) is 3.47. The van der Waals surface area contributed by atoms with Crippen LogP contribution in [0, 0.1) is 0 Å². The number of likely N-dealkylation sites (tertiary alicyclic amines) is 1. The van der Waals surface area contributed by atoms with E-state index in [9.17, 15) is 15.3 Å². The number of aliphatic hydroxyl groups excluding tert-OH is 3. The SMILES string of the molecule is O[C@H]1[C@H](O)CN(Cc2ccc(-c3ccccc3)cc2)C[C@@H]1O. The molecule has 1 fully saturated rings. The number of rotatable bonds is 3. The van der Waals surface area contributed by atoms with E-state index in [0.717, 1.165) is 5.56 Å². The Bertz CT molecular complexity index is 587. The zero-order valence-electron chi connectivity index (χ0n) is 12.3. The molecular weight excluding hydrogens is 278 g/mol. The quantitative estimate of drug-likeness (QED) is 0.798. The zero-order chi connectivity index (χ0) is 15.5. The summed E-state index contributed by atoms with van der Waals surface area (Å²) in [5, 5.41) is 29.0. The number of benzene rings is 2. The minimum absolute atomic E-state index is 0.374. The molecule has 0 unspecified atom stereocenters. The van der Waals surface area contributed by atoms with Crippen molar-refractivity contribution in [3.8, 4) is 11.1 Å². The highest BCUT2D eigenvalue weighted by Gasteiger charge is 2.33. The lowest BCUT2D eigenvalue weighted by Gasteiger charge is -2.36. The van der Waals surface area contributed by atoms with Gasteiger partial charge in [-0.15, -0.1) is 0 Å². The zero-order valence-corrected chi connectivity index (χ0v) is 12.3. The van der Waals surface area contributed by atoms with Gasteiger partial charge in [0.1, 0.15) is 6.10 Å². The maximum atomic E-state index is 9.74. The van der Waals surface area contributed by atoms with Crippen LogP contribution in [0.2, 0.25) is 0 Å². The van der Waals surface area contributed by atoms with Gasteiger partial charge in [0.05, 0.1) is 12.2 Å². The van der Waals surface area contributed by atoms with Crippen molar-refractivity contribution in [2.45, 2.75) is 24.9 Å². The summed E-state index contributed by atoms with van der Waals surface area (Å²) in [6.07, 6.45) is -2.84. The van der Waals surface area contributed by atoms with Crippen LogP contribution in [-0.2, 0) is 6.54 Å². The first-order valence-electron chi connectivity index (χ1n) is 7.54. The van der Waals surface area contributed by atoms with Crippen molar-refractivity contribution in [1.82, 2.24) is 4.90 Å².